The van der Waals surface area contributed by atoms with E-state index in [4.69, 9.17) is 10.2 Å². The van der Waals surface area contributed by atoms with Crippen molar-refractivity contribution in [2.75, 3.05) is 0 Å². The maximum absolute atomic E-state index is 10.0. The fourth-order valence-electron chi connectivity index (χ4n) is 6.52. The zero-order valence-corrected chi connectivity index (χ0v) is 47.3. The number of rotatable bonds is 10. The minimum atomic E-state index is -0.709. The molecule has 2 N–H and O–H groups in total. The molecule has 0 aliphatic rings. The molecule has 0 saturated carbocycles. The van der Waals surface area contributed by atoms with Crippen LogP contribution in [-0.4, -0.2) is 21.8 Å². The van der Waals surface area contributed by atoms with Crippen LogP contribution in [0.4, 0.5) is 0 Å². The number of hydrogen-bond acceptors (Lipinski definition) is 4. The molecule has 0 fully saturated rings. The molecule has 10 heteroatoms. The molecule has 8 rings (SSSR count). The van der Waals surface area contributed by atoms with Gasteiger partial charge in [-0.15, -0.1) is 0 Å². The fraction of sp³-hybridized carbons (Fsp3) is 0.0645. The number of benzene rings is 8. The van der Waals surface area contributed by atoms with E-state index in [9.17, 15) is 9.59 Å². The van der Waals surface area contributed by atoms with Gasteiger partial charge in [0.25, 0.3) is 0 Å². The molecule has 0 spiro atoms. The minimum absolute atomic E-state index is 0. The third-order valence-electron chi connectivity index (χ3n) is 9.49. The van der Waals surface area contributed by atoms with Crippen molar-refractivity contribution in [3.05, 3.63) is 266 Å². The Hall–Kier alpha value is -5.73. The van der Waals surface area contributed by atoms with Gasteiger partial charge in [0.1, 0.15) is 0 Å². The Labute approximate surface area is 457 Å². The summed E-state index contributed by atoms with van der Waals surface area (Å²) in [6.07, 6.45) is 2.33. The Morgan fingerprint density at radius 1 is 0.292 bits per heavy atom. The fourth-order valence-corrected chi connectivity index (χ4v) is 14.1. The molecular formula is C62H56O4P4Rh2. The summed E-state index contributed by atoms with van der Waals surface area (Å²) < 4.78 is 0. The van der Waals surface area contributed by atoms with Gasteiger partial charge < -0.3 is 10.2 Å². The molecule has 72 heavy (non-hydrogen) atoms. The molecule has 0 aliphatic heterocycles. The molecule has 0 aromatic heterocycles. The molecule has 2 radical (unpaired) electrons. The third-order valence-corrected chi connectivity index (χ3v) is 17.7. The summed E-state index contributed by atoms with van der Waals surface area (Å²) in [6.45, 7) is 5.70. The van der Waals surface area contributed by atoms with Crippen LogP contribution >= 0.6 is 31.7 Å². The molecule has 0 atom stereocenters. The topological polar surface area (TPSA) is 74.6 Å². The normalized spacial score (nSPS) is 10.4. The number of ketones is 2. The number of carbonyl (C=O) groups is 2. The molecule has 4 nitrogen and oxygen atoms in total. The SMILES string of the molecule is C(#CP(c1ccccc1)c1ccccc1)P(c1ccccc1)c1ccccc1.C(#CP(c1ccccc1)c1ccccc1)P(c1ccccc1)c1ccccc1.CC(=O)/C=C(/C)O.CC(=O)/C=C(/C)O.[Rh].[Rh]. The summed E-state index contributed by atoms with van der Waals surface area (Å²) in [4.78, 5) is 20.0. The molecular weight excluding hydrogens is 1140 g/mol. The van der Waals surface area contributed by atoms with Crippen LogP contribution in [0.25, 0.3) is 0 Å². The predicted octanol–water partition coefficient (Wildman–Crippen LogP) is 12.4. The number of aliphatic hydroxyl groups is 2. The first-order valence-electron chi connectivity index (χ1n) is 22.5. The Balaban J connectivity index is 0.000000295. The maximum atomic E-state index is 10.0. The molecule has 8 aromatic rings. The van der Waals surface area contributed by atoms with E-state index in [0.29, 0.717) is 0 Å². The summed E-state index contributed by atoms with van der Waals surface area (Å²) in [6, 6.07) is 85.3. The average molecular weight is 1190 g/mol. The van der Waals surface area contributed by atoms with Crippen LogP contribution in [0, 0.1) is 22.6 Å². The van der Waals surface area contributed by atoms with Crippen molar-refractivity contribution in [1.82, 2.24) is 0 Å². The summed E-state index contributed by atoms with van der Waals surface area (Å²) >= 11 is 0. The molecule has 0 heterocycles. The molecule has 0 aliphatic carbocycles. The molecule has 0 amide bonds. The first-order valence-corrected chi connectivity index (χ1v) is 27.8. The van der Waals surface area contributed by atoms with Crippen LogP contribution in [0.5, 0.6) is 0 Å². The first-order chi connectivity index (χ1) is 34.1. The maximum Gasteiger partial charge on any atom is 0.155 e. The van der Waals surface area contributed by atoms with Gasteiger partial charge in [0.05, 0.1) is 11.5 Å². The van der Waals surface area contributed by atoms with Crippen molar-refractivity contribution in [1.29, 1.82) is 0 Å². The van der Waals surface area contributed by atoms with Crippen molar-refractivity contribution in [3.8, 4) is 22.6 Å². The van der Waals surface area contributed by atoms with Crippen LogP contribution in [0.3, 0.4) is 0 Å². The Bertz CT molecular complexity index is 2440. The zero-order valence-electron chi connectivity index (χ0n) is 40.4. The van der Waals surface area contributed by atoms with Crippen molar-refractivity contribution in [2.24, 2.45) is 0 Å². The van der Waals surface area contributed by atoms with Crippen LogP contribution < -0.4 is 42.4 Å². The quantitative estimate of drug-likeness (QED) is 0.0470. The van der Waals surface area contributed by atoms with E-state index < -0.39 is 31.7 Å². The van der Waals surface area contributed by atoms with E-state index in [1.165, 1.54) is 82.3 Å². The van der Waals surface area contributed by atoms with Gasteiger partial charge in [-0.1, -0.05) is 265 Å². The average Bonchev–Trinajstić information content (AvgIpc) is 3.38. The van der Waals surface area contributed by atoms with E-state index in [2.05, 4.69) is 265 Å². The van der Waals surface area contributed by atoms with E-state index in [0.717, 1.165) is 0 Å². The molecule has 0 unspecified atom stereocenters. The molecule has 8 aromatic carbocycles. The van der Waals surface area contributed by atoms with Gasteiger partial charge in [-0.3, -0.25) is 9.59 Å². The van der Waals surface area contributed by atoms with Crippen molar-refractivity contribution >= 4 is 85.7 Å². The van der Waals surface area contributed by atoms with E-state index in [1.807, 2.05) is 0 Å². The van der Waals surface area contributed by atoms with Gasteiger partial charge in [0, 0.05) is 82.8 Å². The monoisotopic (exact) mass is 1190 g/mol. The van der Waals surface area contributed by atoms with E-state index in [-0.39, 0.29) is 62.0 Å². The van der Waals surface area contributed by atoms with Gasteiger partial charge in [0.15, 0.2) is 11.6 Å². The summed E-state index contributed by atoms with van der Waals surface area (Å²) in [5.41, 5.74) is 14.8. The first kappa shape index (κ1) is 60.6. The van der Waals surface area contributed by atoms with Gasteiger partial charge in [-0.05, 0) is 70.1 Å². The van der Waals surface area contributed by atoms with Gasteiger partial charge in [0.2, 0.25) is 0 Å². The smallest absolute Gasteiger partial charge is 0.155 e. The number of allylic oxidation sites excluding steroid dienone is 4. The second-order valence-electron chi connectivity index (χ2n) is 15.3. The van der Waals surface area contributed by atoms with Crippen LogP contribution in [-0.2, 0) is 48.5 Å². The van der Waals surface area contributed by atoms with Crippen LogP contribution in [0.15, 0.2) is 266 Å². The second kappa shape index (κ2) is 34.6. The van der Waals surface area contributed by atoms with Gasteiger partial charge >= 0.3 is 0 Å². The Morgan fingerprint density at radius 3 is 0.500 bits per heavy atom. The summed E-state index contributed by atoms with van der Waals surface area (Å²) in [5, 5.41) is 27.1. The van der Waals surface area contributed by atoms with E-state index in [1.54, 1.807) is 0 Å². The Morgan fingerprint density at radius 2 is 0.417 bits per heavy atom. The molecule has 0 saturated heterocycles. The van der Waals surface area contributed by atoms with Crippen LogP contribution in [0.1, 0.15) is 27.7 Å². The standard InChI is InChI=1S/2C26H20P2.2C5H8O2.2Rh/c2*1-5-13-23(14-6-1)27(24-15-7-2-8-16-24)21-22-28(25-17-9-3-10-18-25)26-19-11-4-12-20-26;2*1-4(6)3-5(2)7;;/h2*1-20H;2*3,6H,1-2H3;;/b;;2*4-3-;;. The summed E-state index contributed by atoms with van der Waals surface area (Å²) in [5.74, 6) is -0.125. The van der Waals surface area contributed by atoms with Gasteiger partial charge in [-0.2, -0.15) is 0 Å². The molecule has 366 valence electrons. The largest absolute Gasteiger partial charge is 0.512 e. The minimum Gasteiger partial charge on any atom is -0.512 e. The van der Waals surface area contributed by atoms with Crippen molar-refractivity contribution in [3.63, 3.8) is 0 Å². The molecule has 0 bridgehead atoms. The van der Waals surface area contributed by atoms with Crippen molar-refractivity contribution in [2.45, 2.75) is 27.7 Å². The van der Waals surface area contributed by atoms with Gasteiger partial charge in [-0.25, -0.2) is 0 Å². The Kier molecular flexibility index (Phi) is 29.1. The van der Waals surface area contributed by atoms with E-state index >= 15 is 0 Å². The number of aliphatic hydroxyl groups excluding tert-OH is 2. The zero-order chi connectivity index (χ0) is 49.8. The summed E-state index contributed by atoms with van der Waals surface area (Å²) in [7, 11) is -2.84. The van der Waals surface area contributed by atoms with Crippen LogP contribution in [0.2, 0.25) is 0 Å². The number of hydrogen-bond donors (Lipinski definition) is 2. The predicted molar refractivity (Wildman–Crippen MR) is 306 cm³/mol. The third kappa shape index (κ3) is 21.9. The second-order valence-corrected chi connectivity index (χ2v) is 23.0. The number of carbonyl (C=O) groups excluding carboxylic acids is 2. The van der Waals surface area contributed by atoms with Crippen molar-refractivity contribution < 1.29 is 58.8 Å².